The summed E-state index contributed by atoms with van der Waals surface area (Å²) in [5.41, 5.74) is 0.423. The van der Waals surface area contributed by atoms with E-state index in [4.69, 9.17) is 36.8 Å². The molecule has 0 aliphatic carbocycles. The third-order valence-corrected chi connectivity index (χ3v) is 5.81. The van der Waals surface area contributed by atoms with Crippen LogP contribution in [-0.2, 0) is 45.2 Å². The van der Waals surface area contributed by atoms with E-state index in [9.17, 15) is 14.4 Å². The molecule has 3 rings (SSSR count). The average molecular weight is 575 g/mol. The van der Waals surface area contributed by atoms with Gasteiger partial charge in [-0.25, -0.2) is 14.8 Å². The van der Waals surface area contributed by atoms with Gasteiger partial charge in [-0.1, -0.05) is 35.9 Å². The van der Waals surface area contributed by atoms with Gasteiger partial charge in [-0.05, 0) is 23.8 Å². The number of halogens is 1. The first kappa shape index (κ1) is 32.2. The lowest BCUT2D eigenvalue weighted by atomic mass is 9.96. The Hall–Kier alpha value is -3.97. The summed E-state index contributed by atoms with van der Waals surface area (Å²) in [6.07, 6.45) is 4.01. The van der Waals surface area contributed by atoms with Crippen molar-refractivity contribution in [1.29, 1.82) is 0 Å². The number of benzene rings is 1. The quantitative estimate of drug-likeness (QED) is 0.221. The van der Waals surface area contributed by atoms with Gasteiger partial charge < -0.3 is 25.2 Å². The van der Waals surface area contributed by atoms with E-state index < -0.39 is 36.4 Å². The lowest BCUT2D eigenvalue weighted by Gasteiger charge is -2.22. The Morgan fingerprint density at radius 1 is 0.900 bits per heavy atom. The highest BCUT2D eigenvalue weighted by Crippen LogP contribution is 2.19. The van der Waals surface area contributed by atoms with Crippen LogP contribution < -0.4 is 0 Å². The van der Waals surface area contributed by atoms with Crippen LogP contribution in [0.1, 0.15) is 35.5 Å². The van der Waals surface area contributed by atoms with Crippen molar-refractivity contribution in [1.82, 2.24) is 19.9 Å². The minimum atomic E-state index is -2.74. The highest BCUT2D eigenvalue weighted by molar-refractivity contribution is 6.31. The smallest absolute Gasteiger partial charge is 0.336 e. The van der Waals surface area contributed by atoms with Crippen LogP contribution in [0.25, 0.3) is 0 Å². The molecule has 214 valence electrons. The fourth-order valence-corrected chi connectivity index (χ4v) is 3.71. The molecule has 1 aromatic carbocycles. The van der Waals surface area contributed by atoms with Crippen LogP contribution in [0.4, 0.5) is 0 Å². The summed E-state index contributed by atoms with van der Waals surface area (Å²) in [5.74, 6) is -4.22. The second-order valence-corrected chi connectivity index (χ2v) is 9.19. The Kier molecular flexibility index (Phi) is 13.1. The molecule has 3 aromatic rings. The molecule has 0 bridgehead atoms. The molecule has 40 heavy (non-hydrogen) atoms. The third-order valence-electron chi connectivity index (χ3n) is 5.44. The number of pyridine rings is 1. The summed E-state index contributed by atoms with van der Waals surface area (Å²) in [5, 5.41) is 34.6. The fraction of sp³-hybridized carbons (Fsp3) is 0.333. The zero-order valence-corrected chi connectivity index (χ0v) is 22.6. The van der Waals surface area contributed by atoms with Crippen molar-refractivity contribution >= 4 is 29.5 Å². The SMILES string of the molecule is COCCc1ncc(CN(Cc2ccccn2)Cc2ccccc2Cl)cn1.O=C(O)CC(O)(CC(=O)O)C(=O)O. The molecule has 0 spiro atoms. The van der Waals surface area contributed by atoms with Crippen molar-refractivity contribution in [3.05, 3.63) is 88.7 Å². The van der Waals surface area contributed by atoms with Crippen LogP contribution in [-0.4, -0.2) is 77.5 Å². The van der Waals surface area contributed by atoms with Crippen molar-refractivity contribution in [2.24, 2.45) is 0 Å². The number of aromatic nitrogens is 3. The minimum absolute atomic E-state index is 0.623. The fourth-order valence-electron chi connectivity index (χ4n) is 3.51. The molecule has 0 aliphatic rings. The second-order valence-electron chi connectivity index (χ2n) is 8.79. The maximum absolute atomic E-state index is 10.3. The topological polar surface area (TPSA) is 183 Å². The number of ether oxygens (including phenoxy) is 1. The van der Waals surface area contributed by atoms with Crippen LogP contribution >= 0.6 is 11.6 Å². The molecule has 0 amide bonds. The number of carbonyl (C=O) groups is 3. The van der Waals surface area contributed by atoms with Gasteiger partial charge in [0, 0.05) is 62.3 Å². The molecule has 0 atom stereocenters. The maximum atomic E-state index is 10.3. The number of hydrogen-bond acceptors (Lipinski definition) is 9. The van der Waals surface area contributed by atoms with Crippen molar-refractivity contribution in [3.8, 4) is 0 Å². The number of aliphatic carboxylic acids is 3. The molecule has 0 aliphatic heterocycles. The van der Waals surface area contributed by atoms with Gasteiger partial charge in [-0.2, -0.15) is 0 Å². The van der Waals surface area contributed by atoms with Crippen molar-refractivity contribution in [2.75, 3.05) is 13.7 Å². The third kappa shape index (κ3) is 11.4. The van der Waals surface area contributed by atoms with Gasteiger partial charge in [0.05, 0.1) is 25.1 Å². The number of methoxy groups -OCH3 is 1. The first-order chi connectivity index (χ1) is 19.0. The van der Waals surface area contributed by atoms with Gasteiger partial charge in [0.15, 0.2) is 5.60 Å². The summed E-state index contributed by atoms with van der Waals surface area (Å²) >= 11 is 6.36. The molecule has 12 nitrogen and oxygen atoms in total. The molecule has 0 saturated carbocycles. The molecular weight excluding hydrogens is 544 g/mol. The predicted octanol–water partition coefficient (Wildman–Crippen LogP) is 2.67. The van der Waals surface area contributed by atoms with E-state index in [1.165, 1.54) is 0 Å². The highest BCUT2D eigenvalue weighted by Gasteiger charge is 2.40. The molecule has 13 heteroatoms. The number of hydrogen-bond donors (Lipinski definition) is 4. The van der Waals surface area contributed by atoms with Crippen LogP contribution in [0.15, 0.2) is 61.1 Å². The monoisotopic (exact) mass is 574 g/mol. The van der Waals surface area contributed by atoms with Crippen LogP contribution in [0.2, 0.25) is 5.02 Å². The highest BCUT2D eigenvalue weighted by atomic mass is 35.5. The van der Waals surface area contributed by atoms with E-state index in [1.807, 2.05) is 55.0 Å². The molecule has 0 unspecified atom stereocenters. The first-order valence-electron chi connectivity index (χ1n) is 12.1. The lowest BCUT2D eigenvalue weighted by Crippen LogP contribution is -2.42. The lowest BCUT2D eigenvalue weighted by molar-refractivity contribution is -0.170. The molecule has 0 saturated heterocycles. The van der Waals surface area contributed by atoms with Gasteiger partial charge in [0.1, 0.15) is 5.82 Å². The average Bonchev–Trinajstić information content (AvgIpc) is 2.89. The Morgan fingerprint density at radius 2 is 1.52 bits per heavy atom. The van der Waals surface area contributed by atoms with E-state index in [-0.39, 0.29) is 0 Å². The van der Waals surface area contributed by atoms with Gasteiger partial charge in [-0.3, -0.25) is 19.5 Å². The summed E-state index contributed by atoms with van der Waals surface area (Å²) in [4.78, 5) is 46.1. The van der Waals surface area contributed by atoms with Gasteiger partial charge >= 0.3 is 17.9 Å². The van der Waals surface area contributed by atoms with Crippen LogP contribution in [0.5, 0.6) is 0 Å². The Morgan fingerprint density at radius 3 is 2.05 bits per heavy atom. The van der Waals surface area contributed by atoms with E-state index in [0.717, 1.165) is 40.8 Å². The number of nitrogens with zero attached hydrogens (tertiary/aromatic N) is 4. The Bertz CT molecular complexity index is 1230. The molecule has 4 N–H and O–H groups in total. The van der Waals surface area contributed by atoms with E-state index in [1.54, 1.807) is 7.11 Å². The van der Waals surface area contributed by atoms with E-state index in [2.05, 4.69) is 25.9 Å². The largest absolute Gasteiger partial charge is 0.481 e. The molecule has 2 heterocycles. The van der Waals surface area contributed by atoms with Crippen molar-refractivity contribution in [3.63, 3.8) is 0 Å². The minimum Gasteiger partial charge on any atom is -0.481 e. The standard InChI is InChI=1S/C21H23ClN4O.C6H8O7/c1-27-11-9-21-24-12-17(13-25-21)14-26(16-19-7-4-5-10-23-19)15-18-6-2-3-8-20(18)22;7-3(8)1-6(13,5(11)12)2-4(9)10/h2-8,10,12-13H,9,11,14-16H2,1H3;13H,1-2H2,(H,7,8)(H,9,10)(H,11,12). The van der Waals surface area contributed by atoms with Gasteiger partial charge in [0.2, 0.25) is 0 Å². The number of rotatable bonds is 14. The maximum Gasteiger partial charge on any atom is 0.336 e. The van der Waals surface area contributed by atoms with E-state index in [0.29, 0.717) is 19.6 Å². The summed E-state index contributed by atoms with van der Waals surface area (Å²) < 4.78 is 5.08. The second kappa shape index (κ2) is 16.2. The van der Waals surface area contributed by atoms with Crippen molar-refractivity contribution in [2.45, 2.75) is 44.5 Å². The van der Waals surface area contributed by atoms with Gasteiger partial charge in [-0.15, -0.1) is 0 Å². The van der Waals surface area contributed by atoms with Gasteiger partial charge in [0.25, 0.3) is 0 Å². The van der Waals surface area contributed by atoms with Crippen molar-refractivity contribution < 1.29 is 39.5 Å². The summed E-state index contributed by atoms with van der Waals surface area (Å²) in [6, 6.07) is 13.9. The van der Waals surface area contributed by atoms with Crippen LogP contribution in [0.3, 0.4) is 0 Å². The number of carboxylic acid groups (broad SMARTS) is 3. The molecular formula is C27H31ClN4O8. The Balaban J connectivity index is 0.000000366. The summed E-state index contributed by atoms with van der Waals surface area (Å²) in [7, 11) is 1.68. The number of carboxylic acids is 3. The zero-order valence-electron chi connectivity index (χ0n) is 21.8. The van der Waals surface area contributed by atoms with E-state index >= 15 is 0 Å². The molecule has 0 radical (unpaired) electrons. The molecule has 2 aromatic heterocycles. The Labute approximate surface area is 235 Å². The first-order valence-corrected chi connectivity index (χ1v) is 12.4. The predicted molar refractivity (Wildman–Crippen MR) is 143 cm³/mol. The number of aliphatic hydroxyl groups is 1. The van der Waals surface area contributed by atoms with Crippen LogP contribution in [0, 0.1) is 0 Å². The normalized spacial score (nSPS) is 11.0. The zero-order chi connectivity index (χ0) is 29.5. The summed E-state index contributed by atoms with van der Waals surface area (Å²) in [6.45, 7) is 2.78. The molecule has 0 fully saturated rings.